The fourth-order valence-corrected chi connectivity index (χ4v) is 2.38. The summed E-state index contributed by atoms with van der Waals surface area (Å²) in [7, 11) is 0. The van der Waals surface area contributed by atoms with Gasteiger partial charge in [-0.25, -0.2) is 9.49 Å². The van der Waals surface area contributed by atoms with Gasteiger partial charge < -0.3 is 10.4 Å². The fraction of sp³-hybridized carbons (Fsp3) is 0.286. The van der Waals surface area contributed by atoms with Crippen molar-refractivity contribution >= 4 is 28.9 Å². The highest BCUT2D eigenvalue weighted by Gasteiger charge is 2.15. The molecular formula is C14H14Cl2FN3O2. The standard InChI is InChI=1S/C14H14Cl2FN3O2/c15-10-2-1-3-11(17)9(10)4-8(7-21)5-18-12-6-19-20-14(22)13(12)16/h1-3,6,8,21H,4-5,7H2,(H2,18,20,22)/t8-/m1/s1. The van der Waals surface area contributed by atoms with Gasteiger partial charge in [0.05, 0.1) is 11.9 Å². The summed E-state index contributed by atoms with van der Waals surface area (Å²) < 4.78 is 13.8. The minimum Gasteiger partial charge on any atom is -0.396 e. The van der Waals surface area contributed by atoms with Crippen LogP contribution in [0.2, 0.25) is 10.0 Å². The molecule has 22 heavy (non-hydrogen) atoms. The summed E-state index contributed by atoms with van der Waals surface area (Å²) in [6.07, 6.45) is 1.62. The van der Waals surface area contributed by atoms with E-state index in [2.05, 4.69) is 15.5 Å². The van der Waals surface area contributed by atoms with E-state index in [0.717, 1.165) is 0 Å². The van der Waals surface area contributed by atoms with Crippen molar-refractivity contribution in [1.82, 2.24) is 10.2 Å². The molecule has 1 heterocycles. The lowest BCUT2D eigenvalue weighted by atomic mass is 9.99. The minimum absolute atomic E-state index is 0.0180. The van der Waals surface area contributed by atoms with Gasteiger partial charge in [-0.1, -0.05) is 29.3 Å². The Kier molecular flexibility index (Phi) is 5.76. The Hall–Kier alpha value is -1.63. The molecule has 1 aromatic carbocycles. The smallest absolute Gasteiger partial charge is 0.285 e. The van der Waals surface area contributed by atoms with Gasteiger partial charge in [0.25, 0.3) is 5.56 Å². The lowest BCUT2D eigenvalue weighted by Gasteiger charge is -2.17. The van der Waals surface area contributed by atoms with Gasteiger partial charge >= 0.3 is 0 Å². The average molecular weight is 346 g/mol. The third-order valence-electron chi connectivity index (χ3n) is 3.19. The summed E-state index contributed by atoms with van der Waals surface area (Å²) in [6, 6.07) is 4.44. The molecule has 0 aliphatic rings. The highest BCUT2D eigenvalue weighted by atomic mass is 35.5. The van der Waals surface area contributed by atoms with Crippen molar-refractivity contribution in [2.75, 3.05) is 18.5 Å². The van der Waals surface area contributed by atoms with E-state index < -0.39 is 11.4 Å². The molecule has 0 spiro atoms. The van der Waals surface area contributed by atoms with E-state index in [9.17, 15) is 14.3 Å². The molecule has 0 fully saturated rings. The molecule has 1 aromatic heterocycles. The Bertz CT molecular complexity index is 688. The number of anilines is 1. The topological polar surface area (TPSA) is 78.0 Å². The maximum Gasteiger partial charge on any atom is 0.285 e. The summed E-state index contributed by atoms with van der Waals surface area (Å²) in [6.45, 7) is 0.109. The zero-order valence-corrected chi connectivity index (χ0v) is 13.0. The molecule has 0 aliphatic carbocycles. The van der Waals surface area contributed by atoms with Crippen LogP contribution in [0.5, 0.6) is 0 Å². The molecule has 0 amide bonds. The van der Waals surface area contributed by atoms with Crippen LogP contribution in [0.4, 0.5) is 10.1 Å². The molecule has 2 aromatic rings. The molecule has 0 radical (unpaired) electrons. The van der Waals surface area contributed by atoms with Crippen molar-refractivity contribution in [2.45, 2.75) is 6.42 Å². The number of rotatable bonds is 6. The van der Waals surface area contributed by atoms with Gasteiger partial charge in [-0.05, 0) is 18.6 Å². The maximum absolute atomic E-state index is 13.8. The van der Waals surface area contributed by atoms with E-state index in [1.54, 1.807) is 6.07 Å². The number of aliphatic hydroxyl groups excluding tert-OH is 1. The molecule has 118 valence electrons. The Labute approximate surface area is 136 Å². The van der Waals surface area contributed by atoms with Crippen LogP contribution in [0.1, 0.15) is 5.56 Å². The van der Waals surface area contributed by atoms with Crippen molar-refractivity contribution in [2.24, 2.45) is 5.92 Å². The zero-order valence-electron chi connectivity index (χ0n) is 11.4. The Balaban J connectivity index is 2.07. The zero-order chi connectivity index (χ0) is 16.1. The van der Waals surface area contributed by atoms with Crippen LogP contribution in [-0.4, -0.2) is 28.5 Å². The molecule has 8 heteroatoms. The van der Waals surface area contributed by atoms with E-state index in [1.807, 2.05) is 0 Å². The Morgan fingerprint density at radius 3 is 2.86 bits per heavy atom. The second-order valence-electron chi connectivity index (χ2n) is 4.76. The molecule has 0 saturated heterocycles. The first-order chi connectivity index (χ1) is 10.5. The van der Waals surface area contributed by atoms with Crippen LogP contribution >= 0.6 is 23.2 Å². The summed E-state index contributed by atoms with van der Waals surface area (Å²) in [5.74, 6) is -0.716. The molecule has 1 atom stereocenters. The number of nitrogens with zero attached hydrogens (tertiary/aromatic N) is 1. The number of aromatic nitrogens is 2. The SMILES string of the molecule is O=c1[nH]ncc(NC[C@H](CO)Cc2c(F)cccc2Cl)c1Cl. The van der Waals surface area contributed by atoms with Crippen molar-refractivity contribution in [1.29, 1.82) is 0 Å². The summed E-state index contributed by atoms with van der Waals surface area (Å²) in [5, 5.41) is 18.5. The van der Waals surface area contributed by atoms with Crippen molar-refractivity contribution in [3.63, 3.8) is 0 Å². The largest absolute Gasteiger partial charge is 0.396 e. The number of hydrogen-bond acceptors (Lipinski definition) is 4. The third kappa shape index (κ3) is 3.97. The number of hydrogen-bond donors (Lipinski definition) is 3. The minimum atomic E-state index is -0.510. The summed E-state index contributed by atoms with van der Waals surface area (Å²) in [5.41, 5.74) is 0.188. The van der Waals surface area contributed by atoms with Crippen LogP contribution in [0.15, 0.2) is 29.2 Å². The quantitative estimate of drug-likeness (QED) is 0.751. The molecule has 0 bridgehead atoms. The fourth-order valence-electron chi connectivity index (χ4n) is 1.98. The van der Waals surface area contributed by atoms with Crippen LogP contribution < -0.4 is 10.9 Å². The third-order valence-corrected chi connectivity index (χ3v) is 3.92. The lowest BCUT2D eigenvalue weighted by Crippen LogP contribution is -2.22. The average Bonchev–Trinajstić information content (AvgIpc) is 2.50. The van der Waals surface area contributed by atoms with Gasteiger partial charge in [0.2, 0.25) is 0 Å². The number of aromatic amines is 1. The molecule has 0 saturated carbocycles. The van der Waals surface area contributed by atoms with Gasteiger partial charge in [-0.15, -0.1) is 0 Å². The second-order valence-corrected chi connectivity index (χ2v) is 5.55. The van der Waals surface area contributed by atoms with Gasteiger partial charge in [0.1, 0.15) is 10.8 Å². The second kappa shape index (κ2) is 7.58. The lowest BCUT2D eigenvalue weighted by molar-refractivity contribution is 0.232. The summed E-state index contributed by atoms with van der Waals surface area (Å²) >= 11 is 11.8. The normalized spacial score (nSPS) is 12.2. The van der Waals surface area contributed by atoms with Gasteiger partial charge in [0.15, 0.2) is 0 Å². The van der Waals surface area contributed by atoms with E-state index in [-0.39, 0.29) is 30.5 Å². The molecule has 0 aliphatic heterocycles. The molecular weight excluding hydrogens is 332 g/mol. The monoisotopic (exact) mass is 345 g/mol. The first kappa shape index (κ1) is 16.7. The van der Waals surface area contributed by atoms with Crippen LogP contribution in [0.25, 0.3) is 0 Å². The number of aliphatic hydroxyl groups is 1. The molecule has 3 N–H and O–H groups in total. The Morgan fingerprint density at radius 2 is 2.18 bits per heavy atom. The first-order valence-corrected chi connectivity index (χ1v) is 7.29. The van der Waals surface area contributed by atoms with E-state index in [0.29, 0.717) is 16.3 Å². The van der Waals surface area contributed by atoms with E-state index in [4.69, 9.17) is 23.2 Å². The van der Waals surface area contributed by atoms with Gasteiger partial charge in [-0.2, -0.15) is 5.10 Å². The first-order valence-electron chi connectivity index (χ1n) is 6.53. The molecule has 2 rings (SSSR count). The van der Waals surface area contributed by atoms with Crippen LogP contribution in [0, 0.1) is 11.7 Å². The molecule has 5 nitrogen and oxygen atoms in total. The van der Waals surface area contributed by atoms with Gasteiger partial charge in [0, 0.05) is 29.7 Å². The number of H-pyrrole nitrogens is 1. The predicted molar refractivity (Wildman–Crippen MR) is 84.0 cm³/mol. The van der Waals surface area contributed by atoms with E-state index in [1.165, 1.54) is 18.3 Å². The maximum atomic E-state index is 13.8. The van der Waals surface area contributed by atoms with Crippen molar-refractivity contribution in [3.05, 3.63) is 56.2 Å². The molecule has 0 unspecified atom stereocenters. The number of nitrogens with one attached hydrogen (secondary N) is 2. The number of benzene rings is 1. The van der Waals surface area contributed by atoms with Crippen molar-refractivity contribution < 1.29 is 9.50 Å². The van der Waals surface area contributed by atoms with Crippen molar-refractivity contribution in [3.8, 4) is 0 Å². The predicted octanol–water partition coefficient (Wildman–Crippen LogP) is 2.48. The van der Waals surface area contributed by atoms with Gasteiger partial charge in [-0.3, -0.25) is 4.79 Å². The highest BCUT2D eigenvalue weighted by molar-refractivity contribution is 6.33. The van der Waals surface area contributed by atoms with E-state index >= 15 is 0 Å². The summed E-state index contributed by atoms with van der Waals surface area (Å²) in [4.78, 5) is 11.3. The number of halogens is 3. The Morgan fingerprint density at radius 1 is 1.41 bits per heavy atom. The van der Waals surface area contributed by atoms with Crippen LogP contribution in [0.3, 0.4) is 0 Å². The van der Waals surface area contributed by atoms with Crippen LogP contribution in [-0.2, 0) is 6.42 Å². The highest BCUT2D eigenvalue weighted by Crippen LogP contribution is 2.23.